The molecular formula is C12H16Cl2N2O3. The van der Waals surface area contributed by atoms with E-state index in [0.29, 0.717) is 23.8 Å². The molecule has 0 saturated carbocycles. The number of rotatable bonds is 3. The number of nitro benzene ring substituents is 1. The number of nitrogens with two attached hydrogens (primary N) is 1. The second-order valence-electron chi connectivity index (χ2n) is 4.44. The van der Waals surface area contributed by atoms with Crippen molar-refractivity contribution in [2.24, 2.45) is 11.7 Å². The quantitative estimate of drug-likeness (QED) is 0.687. The van der Waals surface area contributed by atoms with Crippen LogP contribution in [0.15, 0.2) is 18.2 Å². The van der Waals surface area contributed by atoms with Gasteiger partial charge in [0, 0.05) is 36.4 Å². The number of ether oxygens (including phenoxy) is 1. The van der Waals surface area contributed by atoms with Crippen molar-refractivity contribution in [1.29, 1.82) is 0 Å². The molecule has 1 aliphatic rings. The molecule has 7 heteroatoms. The Morgan fingerprint density at radius 3 is 2.63 bits per heavy atom. The van der Waals surface area contributed by atoms with E-state index < -0.39 is 4.92 Å². The van der Waals surface area contributed by atoms with Gasteiger partial charge in [0.1, 0.15) is 0 Å². The molecule has 106 valence electrons. The third kappa shape index (κ3) is 3.79. The highest BCUT2D eigenvalue weighted by Gasteiger charge is 2.25. The maximum atomic E-state index is 10.8. The summed E-state index contributed by atoms with van der Waals surface area (Å²) in [5.41, 5.74) is 6.85. The molecule has 0 aliphatic carbocycles. The van der Waals surface area contributed by atoms with Crippen molar-refractivity contribution in [1.82, 2.24) is 0 Å². The maximum absolute atomic E-state index is 10.8. The summed E-state index contributed by atoms with van der Waals surface area (Å²) in [4.78, 5) is 10.3. The van der Waals surface area contributed by atoms with Gasteiger partial charge in [0.15, 0.2) is 0 Å². The van der Waals surface area contributed by atoms with Gasteiger partial charge in [-0.3, -0.25) is 10.1 Å². The van der Waals surface area contributed by atoms with E-state index in [2.05, 4.69) is 0 Å². The number of hydrogen-bond donors (Lipinski definition) is 1. The SMILES string of the molecule is Cl.N[C@@H](c1cc([N+](=O)[O-])ccc1Cl)C1CCOCC1. The second-order valence-corrected chi connectivity index (χ2v) is 4.85. The number of non-ortho nitro benzene ring substituents is 1. The van der Waals surface area contributed by atoms with Crippen LogP contribution in [0.4, 0.5) is 5.69 Å². The van der Waals surface area contributed by atoms with Crippen LogP contribution in [-0.4, -0.2) is 18.1 Å². The zero-order valence-electron chi connectivity index (χ0n) is 10.3. The molecule has 0 aromatic heterocycles. The predicted molar refractivity (Wildman–Crippen MR) is 75.8 cm³/mol. The van der Waals surface area contributed by atoms with Crippen LogP contribution in [0.3, 0.4) is 0 Å². The van der Waals surface area contributed by atoms with Crippen LogP contribution < -0.4 is 5.73 Å². The van der Waals surface area contributed by atoms with Crippen molar-refractivity contribution in [2.45, 2.75) is 18.9 Å². The Balaban J connectivity index is 0.00000180. The normalized spacial score (nSPS) is 17.6. The van der Waals surface area contributed by atoms with Crippen molar-refractivity contribution in [2.75, 3.05) is 13.2 Å². The Hall–Kier alpha value is -0.880. The van der Waals surface area contributed by atoms with Gasteiger partial charge < -0.3 is 10.5 Å². The van der Waals surface area contributed by atoms with Gasteiger partial charge in [-0.2, -0.15) is 0 Å². The van der Waals surface area contributed by atoms with Gasteiger partial charge in [-0.1, -0.05) is 11.6 Å². The first-order valence-corrected chi connectivity index (χ1v) is 6.24. The molecule has 2 N–H and O–H groups in total. The number of nitrogens with zero attached hydrogens (tertiary/aromatic N) is 1. The van der Waals surface area contributed by atoms with Gasteiger partial charge in [0.25, 0.3) is 5.69 Å². The zero-order chi connectivity index (χ0) is 13.1. The van der Waals surface area contributed by atoms with Gasteiger partial charge >= 0.3 is 0 Å². The van der Waals surface area contributed by atoms with Crippen LogP contribution in [0, 0.1) is 16.0 Å². The van der Waals surface area contributed by atoms with Gasteiger partial charge in [-0.05, 0) is 30.4 Å². The molecule has 0 amide bonds. The lowest BCUT2D eigenvalue weighted by molar-refractivity contribution is -0.384. The van der Waals surface area contributed by atoms with E-state index in [0.717, 1.165) is 12.8 Å². The van der Waals surface area contributed by atoms with Crippen LogP contribution in [0.25, 0.3) is 0 Å². The first kappa shape index (κ1) is 16.2. The van der Waals surface area contributed by atoms with Crippen molar-refractivity contribution >= 4 is 29.7 Å². The average Bonchev–Trinajstić information content (AvgIpc) is 2.39. The van der Waals surface area contributed by atoms with E-state index in [4.69, 9.17) is 22.1 Å². The zero-order valence-corrected chi connectivity index (χ0v) is 11.8. The Bertz CT molecular complexity index is 451. The first-order chi connectivity index (χ1) is 8.59. The molecule has 1 aromatic carbocycles. The molecule has 0 bridgehead atoms. The molecule has 0 radical (unpaired) electrons. The van der Waals surface area contributed by atoms with Crippen LogP contribution in [0.1, 0.15) is 24.4 Å². The van der Waals surface area contributed by atoms with E-state index in [1.807, 2.05) is 0 Å². The largest absolute Gasteiger partial charge is 0.381 e. The molecule has 1 atom stereocenters. The molecular weight excluding hydrogens is 291 g/mol. The lowest BCUT2D eigenvalue weighted by Gasteiger charge is -2.28. The fraction of sp³-hybridized carbons (Fsp3) is 0.500. The van der Waals surface area contributed by atoms with E-state index in [-0.39, 0.29) is 30.1 Å². The Morgan fingerprint density at radius 1 is 1.42 bits per heavy atom. The van der Waals surface area contributed by atoms with Gasteiger partial charge in [0.2, 0.25) is 0 Å². The van der Waals surface area contributed by atoms with Gasteiger partial charge in [-0.25, -0.2) is 0 Å². The molecule has 0 unspecified atom stereocenters. The topological polar surface area (TPSA) is 78.4 Å². The third-order valence-corrected chi connectivity index (χ3v) is 3.67. The maximum Gasteiger partial charge on any atom is 0.269 e. The van der Waals surface area contributed by atoms with E-state index >= 15 is 0 Å². The molecule has 1 heterocycles. The highest BCUT2D eigenvalue weighted by atomic mass is 35.5. The highest BCUT2D eigenvalue weighted by molar-refractivity contribution is 6.31. The summed E-state index contributed by atoms with van der Waals surface area (Å²) >= 11 is 6.08. The molecule has 0 spiro atoms. The number of benzene rings is 1. The first-order valence-electron chi connectivity index (χ1n) is 5.86. The summed E-state index contributed by atoms with van der Waals surface area (Å²) in [6, 6.07) is 4.13. The van der Waals surface area contributed by atoms with Crippen LogP contribution in [-0.2, 0) is 4.74 Å². The highest BCUT2D eigenvalue weighted by Crippen LogP contribution is 2.33. The van der Waals surface area contributed by atoms with Crippen molar-refractivity contribution in [3.8, 4) is 0 Å². The predicted octanol–water partition coefficient (Wildman–Crippen LogP) is 3.10. The molecule has 5 nitrogen and oxygen atoms in total. The van der Waals surface area contributed by atoms with Gasteiger partial charge in [-0.15, -0.1) is 12.4 Å². The van der Waals surface area contributed by atoms with Crippen LogP contribution >= 0.6 is 24.0 Å². The van der Waals surface area contributed by atoms with Crippen molar-refractivity contribution in [3.05, 3.63) is 38.9 Å². The number of nitro groups is 1. The molecule has 19 heavy (non-hydrogen) atoms. The number of hydrogen-bond acceptors (Lipinski definition) is 4. The molecule has 1 saturated heterocycles. The van der Waals surface area contributed by atoms with Crippen molar-refractivity contribution in [3.63, 3.8) is 0 Å². The minimum atomic E-state index is -0.434. The summed E-state index contributed by atoms with van der Waals surface area (Å²) in [5.74, 6) is 0.262. The molecule has 1 aliphatic heterocycles. The average molecular weight is 307 g/mol. The summed E-state index contributed by atoms with van der Waals surface area (Å²) in [7, 11) is 0. The van der Waals surface area contributed by atoms with E-state index in [1.165, 1.54) is 18.2 Å². The van der Waals surface area contributed by atoms with E-state index in [9.17, 15) is 10.1 Å². The number of halogens is 2. The molecule has 1 fully saturated rings. The Morgan fingerprint density at radius 2 is 2.05 bits per heavy atom. The minimum Gasteiger partial charge on any atom is -0.381 e. The van der Waals surface area contributed by atoms with Crippen LogP contribution in [0.2, 0.25) is 5.02 Å². The second kappa shape index (κ2) is 7.05. The van der Waals surface area contributed by atoms with Crippen LogP contribution in [0.5, 0.6) is 0 Å². The lowest BCUT2D eigenvalue weighted by atomic mass is 9.87. The minimum absolute atomic E-state index is 0. The van der Waals surface area contributed by atoms with Crippen molar-refractivity contribution < 1.29 is 9.66 Å². The fourth-order valence-corrected chi connectivity index (χ4v) is 2.47. The summed E-state index contributed by atoms with van der Waals surface area (Å²) in [6.07, 6.45) is 1.72. The Labute approximate surface area is 122 Å². The summed E-state index contributed by atoms with van der Waals surface area (Å²) in [5, 5.41) is 11.3. The lowest BCUT2D eigenvalue weighted by Crippen LogP contribution is -2.27. The van der Waals surface area contributed by atoms with E-state index in [1.54, 1.807) is 0 Å². The monoisotopic (exact) mass is 306 g/mol. The summed E-state index contributed by atoms with van der Waals surface area (Å²) < 4.78 is 5.28. The fourth-order valence-electron chi connectivity index (χ4n) is 2.23. The summed E-state index contributed by atoms with van der Waals surface area (Å²) in [6.45, 7) is 1.37. The standard InChI is InChI=1S/C12H15ClN2O3.ClH/c13-11-2-1-9(15(16)17)7-10(11)12(14)8-3-5-18-6-4-8;/h1-2,7-8,12H,3-6,14H2;1H/t12-;/m1./s1. The Kier molecular flexibility index (Phi) is 6.00. The molecule has 1 aromatic rings. The molecule has 2 rings (SSSR count). The smallest absolute Gasteiger partial charge is 0.269 e. The van der Waals surface area contributed by atoms with Gasteiger partial charge in [0.05, 0.1) is 4.92 Å². The third-order valence-electron chi connectivity index (χ3n) is 3.32.